The summed E-state index contributed by atoms with van der Waals surface area (Å²) in [5, 5.41) is 6.07. The molecule has 0 bridgehead atoms. The molecule has 5 nitrogen and oxygen atoms in total. The summed E-state index contributed by atoms with van der Waals surface area (Å²) >= 11 is 0. The fourth-order valence-corrected chi connectivity index (χ4v) is 2.51. The molecule has 1 atom stereocenters. The molecule has 2 aromatic rings. The first kappa shape index (κ1) is 14.7. The van der Waals surface area contributed by atoms with Gasteiger partial charge in [-0.3, -0.25) is 4.79 Å². The van der Waals surface area contributed by atoms with Gasteiger partial charge in [-0.25, -0.2) is 9.37 Å². The fourth-order valence-electron chi connectivity index (χ4n) is 2.51. The van der Waals surface area contributed by atoms with Gasteiger partial charge in [0.1, 0.15) is 12.1 Å². The Labute approximate surface area is 127 Å². The molecular weight excluding hydrogens is 285 g/mol. The number of hydrogen-bond acceptors (Lipinski definition) is 4. The Morgan fingerprint density at radius 1 is 1.41 bits per heavy atom. The van der Waals surface area contributed by atoms with Crippen LogP contribution in [0.15, 0.2) is 34.9 Å². The number of hydrogen-bond donors (Lipinski definition) is 2. The third-order valence-corrected chi connectivity index (χ3v) is 3.73. The van der Waals surface area contributed by atoms with Crippen LogP contribution in [0.3, 0.4) is 0 Å². The summed E-state index contributed by atoms with van der Waals surface area (Å²) in [5.41, 5.74) is 1.26. The van der Waals surface area contributed by atoms with Gasteiger partial charge in [0, 0.05) is 6.54 Å². The Kier molecular flexibility index (Phi) is 4.48. The average Bonchev–Trinajstić information content (AvgIpc) is 3.20. The number of oxazole rings is 1. The average molecular weight is 303 g/mol. The molecule has 2 heterocycles. The molecule has 116 valence electrons. The van der Waals surface area contributed by atoms with Gasteiger partial charge in [0.2, 0.25) is 5.89 Å². The molecule has 0 aliphatic carbocycles. The van der Waals surface area contributed by atoms with Crippen LogP contribution in [0.4, 0.5) is 4.39 Å². The van der Waals surface area contributed by atoms with Crippen molar-refractivity contribution in [2.24, 2.45) is 0 Å². The Bertz CT molecular complexity index is 633. The molecule has 0 spiro atoms. The summed E-state index contributed by atoms with van der Waals surface area (Å²) in [7, 11) is 0. The second-order valence-corrected chi connectivity index (χ2v) is 5.35. The predicted molar refractivity (Wildman–Crippen MR) is 78.9 cm³/mol. The maximum Gasteiger partial charge on any atom is 0.273 e. The van der Waals surface area contributed by atoms with Crippen molar-refractivity contribution < 1.29 is 13.6 Å². The third-order valence-electron chi connectivity index (χ3n) is 3.73. The summed E-state index contributed by atoms with van der Waals surface area (Å²) < 4.78 is 18.2. The maximum absolute atomic E-state index is 12.8. The fraction of sp³-hybridized carbons (Fsp3) is 0.375. The molecule has 1 aromatic heterocycles. The van der Waals surface area contributed by atoms with E-state index in [9.17, 15) is 9.18 Å². The van der Waals surface area contributed by atoms with E-state index in [0.29, 0.717) is 24.6 Å². The summed E-state index contributed by atoms with van der Waals surface area (Å²) in [6, 6.07) is 6.36. The van der Waals surface area contributed by atoms with Gasteiger partial charge in [0.15, 0.2) is 5.69 Å². The zero-order valence-corrected chi connectivity index (χ0v) is 12.1. The number of carbonyl (C=O) groups is 1. The molecule has 1 aliphatic rings. The van der Waals surface area contributed by atoms with Gasteiger partial charge in [-0.05, 0) is 43.5 Å². The Morgan fingerprint density at radius 2 is 2.23 bits per heavy atom. The van der Waals surface area contributed by atoms with E-state index in [1.54, 1.807) is 12.1 Å². The quantitative estimate of drug-likeness (QED) is 0.888. The van der Waals surface area contributed by atoms with E-state index in [2.05, 4.69) is 15.6 Å². The van der Waals surface area contributed by atoms with Gasteiger partial charge >= 0.3 is 0 Å². The van der Waals surface area contributed by atoms with Crippen molar-refractivity contribution in [2.45, 2.75) is 25.3 Å². The molecule has 1 saturated heterocycles. The lowest BCUT2D eigenvalue weighted by atomic mass is 10.1. The van der Waals surface area contributed by atoms with E-state index < -0.39 is 0 Å². The highest BCUT2D eigenvalue weighted by atomic mass is 19.1. The van der Waals surface area contributed by atoms with Gasteiger partial charge in [0.25, 0.3) is 5.91 Å². The van der Waals surface area contributed by atoms with E-state index >= 15 is 0 Å². The zero-order valence-electron chi connectivity index (χ0n) is 12.1. The van der Waals surface area contributed by atoms with Crippen molar-refractivity contribution in [2.75, 3.05) is 13.1 Å². The largest absolute Gasteiger partial charge is 0.446 e. The first-order valence-electron chi connectivity index (χ1n) is 7.44. The summed E-state index contributed by atoms with van der Waals surface area (Å²) in [6.45, 7) is 1.42. The maximum atomic E-state index is 12.8. The monoisotopic (exact) mass is 303 g/mol. The highest BCUT2D eigenvalue weighted by Crippen LogP contribution is 2.22. The normalized spacial score (nSPS) is 17.6. The molecule has 0 saturated carbocycles. The van der Waals surface area contributed by atoms with E-state index in [4.69, 9.17) is 4.42 Å². The van der Waals surface area contributed by atoms with Gasteiger partial charge in [-0.1, -0.05) is 12.1 Å². The van der Waals surface area contributed by atoms with Crippen molar-refractivity contribution in [1.29, 1.82) is 0 Å². The minimum atomic E-state index is -0.261. The molecule has 1 aromatic carbocycles. The van der Waals surface area contributed by atoms with Crippen LogP contribution in [0.5, 0.6) is 0 Å². The Morgan fingerprint density at radius 3 is 2.95 bits per heavy atom. The van der Waals surface area contributed by atoms with Gasteiger partial charge in [0.05, 0.1) is 6.04 Å². The molecule has 1 fully saturated rings. The number of aromatic nitrogens is 1. The molecular formula is C16H18FN3O2. The first-order chi connectivity index (χ1) is 10.7. The number of carbonyl (C=O) groups excluding carboxylic acids is 1. The van der Waals surface area contributed by atoms with E-state index in [0.717, 1.165) is 24.9 Å². The summed E-state index contributed by atoms with van der Waals surface area (Å²) in [4.78, 5) is 16.2. The predicted octanol–water partition coefficient (Wildman–Crippen LogP) is 2.21. The van der Waals surface area contributed by atoms with Crippen molar-refractivity contribution >= 4 is 5.91 Å². The zero-order chi connectivity index (χ0) is 15.4. The van der Waals surface area contributed by atoms with Crippen molar-refractivity contribution in [3.8, 4) is 0 Å². The minimum absolute atomic E-state index is 0.112. The second kappa shape index (κ2) is 6.70. The number of rotatable bonds is 5. The smallest absolute Gasteiger partial charge is 0.273 e. The van der Waals surface area contributed by atoms with E-state index in [1.165, 1.54) is 18.4 Å². The molecule has 6 heteroatoms. The number of nitrogens with one attached hydrogen (secondary N) is 2. The van der Waals surface area contributed by atoms with Gasteiger partial charge < -0.3 is 15.1 Å². The lowest BCUT2D eigenvalue weighted by Gasteiger charge is -2.04. The van der Waals surface area contributed by atoms with Crippen LogP contribution < -0.4 is 10.6 Å². The summed E-state index contributed by atoms with van der Waals surface area (Å²) in [5.74, 6) is 0.0553. The molecule has 3 rings (SSSR count). The van der Waals surface area contributed by atoms with E-state index in [-0.39, 0.29) is 17.8 Å². The van der Waals surface area contributed by atoms with E-state index in [1.807, 2.05) is 0 Å². The molecule has 1 unspecified atom stereocenters. The Balaban J connectivity index is 1.50. The highest BCUT2D eigenvalue weighted by Gasteiger charge is 2.22. The van der Waals surface area contributed by atoms with Crippen LogP contribution in [0.25, 0.3) is 0 Å². The molecule has 1 amide bonds. The Hall–Kier alpha value is -2.21. The summed E-state index contributed by atoms with van der Waals surface area (Å²) in [6.07, 6.45) is 4.10. The van der Waals surface area contributed by atoms with Crippen LogP contribution in [-0.4, -0.2) is 24.0 Å². The van der Waals surface area contributed by atoms with Crippen LogP contribution >= 0.6 is 0 Å². The van der Waals surface area contributed by atoms with Crippen molar-refractivity contribution in [3.63, 3.8) is 0 Å². The standard InChI is InChI=1S/C16H18FN3O2/c17-12-5-3-11(4-6-12)7-9-19-15(21)14-10-22-16(20-14)13-2-1-8-18-13/h3-6,10,13,18H,1-2,7-9H2,(H,19,21). The van der Waals surface area contributed by atoms with Crippen LogP contribution in [-0.2, 0) is 6.42 Å². The van der Waals surface area contributed by atoms with Gasteiger partial charge in [-0.15, -0.1) is 0 Å². The SMILES string of the molecule is O=C(NCCc1ccc(F)cc1)c1coc(C2CCCN2)n1. The topological polar surface area (TPSA) is 67.2 Å². The lowest BCUT2D eigenvalue weighted by Crippen LogP contribution is -2.26. The number of benzene rings is 1. The van der Waals surface area contributed by atoms with Crippen LogP contribution in [0, 0.1) is 5.82 Å². The molecule has 22 heavy (non-hydrogen) atoms. The van der Waals surface area contributed by atoms with Crippen LogP contribution in [0.1, 0.15) is 40.8 Å². The lowest BCUT2D eigenvalue weighted by molar-refractivity contribution is 0.0949. The van der Waals surface area contributed by atoms with Crippen molar-refractivity contribution in [1.82, 2.24) is 15.6 Å². The number of halogens is 1. The number of nitrogens with zero attached hydrogens (tertiary/aromatic N) is 1. The minimum Gasteiger partial charge on any atom is -0.446 e. The molecule has 1 aliphatic heterocycles. The van der Waals surface area contributed by atoms with Crippen LogP contribution in [0.2, 0.25) is 0 Å². The first-order valence-corrected chi connectivity index (χ1v) is 7.44. The third kappa shape index (κ3) is 3.51. The molecule has 2 N–H and O–H groups in total. The number of amides is 1. The van der Waals surface area contributed by atoms with Gasteiger partial charge in [-0.2, -0.15) is 0 Å². The molecule has 0 radical (unpaired) electrons. The highest BCUT2D eigenvalue weighted by molar-refractivity contribution is 5.91. The van der Waals surface area contributed by atoms with Crippen molar-refractivity contribution in [3.05, 3.63) is 53.5 Å². The second-order valence-electron chi connectivity index (χ2n) is 5.35.